The zero-order valence-electron chi connectivity index (χ0n) is 14.2. The van der Waals surface area contributed by atoms with Crippen molar-refractivity contribution in [1.82, 2.24) is 24.5 Å². The van der Waals surface area contributed by atoms with Gasteiger partial charge < -0.3 is 4.90 Å². The predicted molar refractivity (Wildman–Crippen MR) is 94.5 cm³/mol. The molecule has 1 atom stereocenters. The summed E-state index contributed by atoms with van der Waals surface area (Å²) in [6, 6.07) is 2.26. The second kappa shape index (κ2) is 5.73. The Morgan fingerprint density at radius 3 is 2.92 bits per heavy atom. The van der Waals surface area contributed by atoms with Gasteiger partial charge in [-0.3, -0.25) is 14.2 Å². The summed E-state index contributed by atoms with van der Waals surface area (Å²) in [5.41, 5.74) is 2.14. The van der Waals surface area contributed by atoms with Gasteiger partial charge in [0.25, 0.3) is 5.91 Å². The molecule has 3 aromatic rings. The molecule has 0 aliphatic carbocycles. The van der Waals surface area contributed by atoms with Gasteiger partial charge >= 0.3 is 0 Å². The number of amides is 1. The van der Waals surface area contributed by atoms with Gasteiger partial charge in [-0.05, 0) is 38.3 Å². The molecule has 1 amide bonds. The molecule has 4 heterocycles. The summed E-state index contributed by atoms with van der Waals surface area (Å²) in [5.74, 6) is 0.129. The number of hydrogen-bond donors (Lipinski definition) is 0. The lowest BCUT2D eigenvalue weighted by Gasteiger charge is -2.32. The van der Waals surface area contributed by atoms with Crippen molar-refractivity contribution in [3.8, 4) is 0 Å². The Labute approximate surface area is 144 Å². The van der Waals surface area contributed by atoms with E-state index in [-0.39, 0.29) is 11.9 Å². The molecule has 0 N–H and O–H groups in total. The monoisotopic (exact) mass is 343 g/mol. The Hall–Kier alpha value is -2.15. The third-order valence-corrected chi connectivity index (χ3v) is 5.89. The van der Waals surface area contributed by atoms with Gasteiger partial charge in [0.05, 0.1) is 22.8 Å². The third kappa shape index (κ3) is 2.53. The first-order chi connectivity index (χ1) is 11.5. The van der Waals surface area contributed by atoms with Crippen molar-refractivity contribution in [2.24, 2.45) is 7.05 Å². The topological polar surface area (TPSA) is 56.0 Å². The molecular weight excluding hydrogens is 322 g/mol. The van der Waals surface area contributed by atoms with Crippen molar-refractivity contribution in [2.75, 3.05) is 13.1 Å². The standard InChI is InChI=1S/C17H21N5OS/c1-11-8-18-22(9-11)13-5-4-6-21(10-13)16(23)15-7-14-12(2)19-20(3)17(14)24-15/h7-9,13H,4-6,10H2,1-3H3/t13-/m1/s1. The summed E-state index contributed by atoms with van der Waals surface area (Å²) in [6.45, 7) is 5.58. The van der Waals surface area contributed by atoms with E-state index in [1.807, 2.05) is 47.4 Å². The summed E-state index contributed by atoms with van der Waals surface area (Å²) in [6.07, 6.45) is 6.02. The van der Waals surface area contributed by atoms with Crippen LogP contribution in [-0.4, -0.2) is 43.5 Å². The fourth-order valence-corrected chi connectivity index (χ4v) is 4.55. The lowest BCUT2D eigenvalue weighted by Crippen LogP contribution is -2.40. The highest BCUT2D eigenvalue weighted by Crippen LogP contribution is 2.30. The minimum Gasteiger partial charge on any atom is -0.336 e. The molecule has 0 radical (unpaired) electrons. The van der Waals surface area contributed by atoms with E-state index in [1.165, 1.54) is 11.3 Å². The quantitative estimate of drug-likeness (QED) is 0.719. The SMILES string of the molecule is Cc1cnn([C@@H]2CCCN(C(=O)c3cc4c(C)nn(C)c4s3)C2)c1. The van der Waals surface area contributed by atoms with E-state index in [4.69, 9.17) is 0 Å². The molecule has 1 aliphatic heterocycles. The van der Waals surface area contributed by atoms with E-state index in [9.17, 15) is 4.79 Å². The lowest BCUT2D eigenvalue weighted by atomic mass is 10.1. The van der Waals surface area contributed by atoms with E-state index in [0.717, 1.165) is 52.3 Å². The van der Waals surface area contributed by atoms with Crippen molar-refractivity contribution in [3.05, 3.63) is 34.6 Å². The maximum atomic E-state index is 12.9. The van der Waals surface area contributed by atoms with E-state index in [1.54, 1.807) is 0 Å². The van der Waals surface area contributed by atoms with E-state index >= 15 is 0 Å². The van der Waals surface area contributed by atoms with Gasteiger partial charge in [-0.1, -0.05) is 0 Å². The van der Waals surface area contributed by atoms with Crippen LogP contribution in [0.15, 0.2) is 18.5 Å². The molecule has 7 heteroatoms. The first kappa shape index (κ1) is 15.4. The summed E-state index contributed by atoms with van der Waals surface area (Å²) in [4.78, 5) is 16.8. The molecule has 0 saturated carbocycles. The number of carbonyl (C=O) groups is 1. The van der Waals surface area contributed by atoms with Crippen LogP contribution in [0.2, 0.25) is 0 Å². The van der Waals surface area contributed by atoms with Crippen molar-refractivity contribution < 1.29 is 4.79 Å². The molecule has 0 bridgehead atoms. The van der Waals surface area contributed by atoms with Crippen LogP contribution in [0.25, 0.3) is 10.2 Å². The van der Waals surface area contributed by atoms with Crippen molar-refractivity contribution in [1.29, 1.82) is 0 Å². The minimum atomic E-state index is 0.129. The lowest BCUT2D eigenvalue weighted by molar-refractivity contribution is 0.0678. The normalized spacial score (nSPS) is 18.5. The van der Waals surface area contributed by atoms with Crippen LogP contribution in [0.5, 0.6) is 0 Å². The number of rotatable bonds is 2. The molecule has 1 fully saturated rings. The molecule has 4 rings (SSSR count). The maximum Gasteiger partial charge on any atom is 0.264 e. The molecule has 24 heavy (non-hydrogen) atoms. The number of aromatic nitrogens is 4. The summed E-state index contributed by atoms with van der Waals surface area (Å²) < 4.78 is 3.87. The highest BCUT2D eigenvalue weighted by molar-refractivity contribution is 7.20. The highest BCUT2D eigenvalue weighted by atomic mass is 32.1. The number of thiophene rings is 1. The number of likely N-dealkylation sites (tertiary alicyclic amines) is 1. The van der Waals surface area contributed by atoms with Crippen molar-refractivity contribution >= 4 is 27.5 Å². The van der Waals surface area contributed by atoms with Crippen molar-refractivity contribution in [3.63, 3.8) is 0 Å². The Morgan fingerprint density at radius 2 is 2.21 bits per heavy atom. The Kier molecular flexibility index (Phi) is 3.68. The second-order valence-corrected chi connectivity index (χ2v) is 7.61. The molecule has 0 unspecified atom stereocenters. The number of piperidine rings is 1. The first-order valence-corrected chi connectivity index (χ1v) is 9.08. The van der Waals surface area contributed by atoms with Crippen LogP contribution in [0.1, 0.15) is 39.8 Å². The zero-order valence-corrected chi connectivity index (χ0v) is 15.0. The van der Waals surface area contributed by atoms with Gasteiger partial charge in [0.2, 0.25) is 0 Å². The summed E-state index contributed by atoms with van der Waals surface area (Å²) >= 11 is 1.53. The minimum absolute atomic E-state index is 0.129. The van der Waals surface area contributed by atoms with Gasteiger partial charge in [0, 0.05) is 31.7 Å². The molecular formula is C17H21N5OS. The van der Waals surface area contributed by atoms with Crippen LogP contribution >= 0.6 is 11.3 Å². The van der Waals surface area contributed by atoms with Crippen LogP contribution < -0.4 is 0 Å². The Bertz CT molecular complexity index is 871. The summed E-state index contributed by atoms with van der Waals surface area (Å²) in [7, 11) is 1.93. The van der Waals surface area contributed by atoms with E-state index < -0.39 is 0 Å². The predicted octanol–water partition coefficient (Wildman–Crippen LogP) is 2.93. The van der Waals surface area contributed by atoms with Gasteiger partial charge in [0.1, 0.15) is 4.83 Å². The van der Waals surface area contributed by atoms with Gasteiger partial charge in [0.15, 0.2) is 0 Å². The van der Waals surface area contributed by atoms with Gasteiger partial charge in [-0.2, -0.15) is 10.2 Å². The molecule has 0 aromatic carbocycles. The molecule has 126 valence electrons. The Morgan fingerprint density at radius 1 is 1.38 bits per heavy atom. The zero-order chi connectivity index (χ0) is 16.8. The average molecular weight is 343 g/mol. The van der Waals surface area contributed by atoms with Crippen LogP contribution in [0.3, 0.4) is 0 Å². The maximum absolute atomic E-state index is 12.9. The molecule has 3 aromatic heterocycles. The second-order valence-electron chi connectivity index (χ2n) is 6.58. The Balaban J connectivity index is 1.57. The molecule has 6 nitrogen and oxygen atoms in total. The number of hydrogen-bond acceptors (Lipinski definition) is 4. The van der Waals surface area contributed by atoms with Crippen LogP contribution in [-0.2, 0) is 7.05 Å². The van der Waals surface area contributed by atoms with Crippen LogP contribution in [0.4, 0.5) is 0 Å². The van der Waals surface area contributed by atoms with Gasteiger partial charge in [-0.15, -0.1) is 11.3 Å². The third-order valence-electron chi connectivity index (χ3n) is 4.70. The average Bonchev–Trinajstić information content (AvgIpc) is 3.25. The fourth-order valence-electron chi connectivity index (χ4n) is 3.45. The molecule has 0 spiro atoms. The number of carbonyl (C=O) groups excluding carboxylic acids is 1. The number of nitrogens with zero attached hydrogens (tertiary/aromatic N) is 5. The smallest absolute Gasteiger partial charge is 0.264 e. The first-order valence-electron chi connectivity index (χ1n) is 8.26. The fraction of sp³-hybridized carbons (Fsp3) is 0.471. The van der Waals surface area contributed by atoms with Gasteiger partial charge in [-0.25, -0.2) is 0 Å². The summed E-state index contributed by atoms with van der Waals surface area (Å²) in [5, 5.41) is 9.92. The van der Waals surface area contributed by atoms with E-state index in [2.05, 4.69) is 16.4 Å². The molecule has 1 aliphatic rings. The number of fused-ring (bicyclic) bond motifs is 1. The molecule has 1 saturated heterocycles. The largest absolute Gasteiger partial charge is 0.336 e. The number of aryl methyl sites for hydroxylation is 3. The van der Waals surface area contributed by atoms with Crippen molar-refractivity contribution in [2.45, 2.75) is 32.7 Å². The highest BCUT2D eigenvalue weighted by Gasteiger charge is 2.27. The van der Waals surface area contributed by atoms with E-state index in [0.29, 0.717) is 0 Å². The van der Waals surface area contributed by atoms with Crippen LogP contribution in [0, 0.1) is 13.8 Å².